The van der Waals surface area contributed by atoms with E-state index < -0.39 is 0 Å². The molecule has 0 unspecified atom stereocenters. The summed E-state index contributed by atoms with van der Waals surface area (Å²) in [4.78, 5) is 11.3. The van der Waals surface area contributed by atoms with Gasteiger partial charge in [-0.2, -0.15) is 0 Å². The lowest BCUT2D eigenvalue weighted by Crippen LogP contribution is -2.37. The smallest absolute Gasteiger partial charge is 0.226 e. The molecule has 3 aromatic rings. The van der Waals surface area contributed by atoms with Crippen LogP contribution in [0, 0.1) is 0 Å². The maximum atomic E-state index is 5.39. The second-order valence-electron chi connectivity index (χ2n) is 5.78. The van der Waals surface area contributed by atoms with Crippen LogP contribution in [0.15, 0.2) is 66.9 Å². The summed E-state index contributed by atoms with van der Waals surface area (Å²) in [6.07, 6.45) is 1.83. The lowest BCUT2D eigenvalue weighted by Gasteiger charge is -2.26. The third-order valence-corrected chi connectivity index (χ3v) is 4.22. The van der Waals surface area contributed by atoms with Crippen LogP contribution in [0.1, 0.15) is 0 Å². The molecule has 1 saturated heterocycles. The maximum absolute atomic E-state index is 5.39. The van der Waals surface area contributed by atoms with Gasteiger partial charge < -0.3 is 9.64 Å². The number of ether oxygens (including phenoxy) is 1. The molecule has 0 spiro atoms. The quantitative estimate of drug-likeness (QED) is 0.739. The van der Waals surface area contributed by atoms with Gasteiger partial charge in [0.1, 0.15) is 0 Å². The Bertz CT molecular complexity index is 797. The molecule has 0 saturated carbocycles. The fourth-order valence-electron chi connectivity index (χ4n) is 2.89. The summed E-state index contributed by atoms with van der Waals surface area (Å²) in [5, 5.41) is 0. The highest BCUT2D eigenvalue weighted by atomic mass is 16.5. The van der Waals surface area contributed by atoms with E-state index in [1.807, 2.05) is 18.3 Å². The van der Waals surface area contributed by atoms with Crippen LogP contribution in [0.3, 0.4) is 0 Å². The van der Waals surface area contributed by atoms with Crippen LogP contribution in [0.2, 0.25) is 0 Å². The van der Waals surface area contributed by atoms with Crippen LogP contribution in [0.5, 0.6) is 0 Å². The Labute approximate surface area is 141 Å². The van der Waals surface area contributed by atoms with Crippen LogP contribution in [-0.4, -0.2) is 36.3 Å². The normalized spacial score (nSPS) is 14.6. The van der Waals surface area contributed by atoms with Gasteiger partial charge in [-0.15, -0.1) is 0 Å². The molecule has 4 rings (SSSR count). The Morgan fingerprint density at radius 1 is 0.750 bits per heavy atom. The van der Waals surface area contributed by atoms with E-state index in [9.17, 15) is 0 Å². The molecule has 4 nitrogen and oxygen atoms in total. The fourth-order valence-corrected chi connectivity index (χ4v) is 2.89. The molecule has 0 bridgehead atoms. The predicted octanol–water partition coefficient (Wildman–Crippen LogP) is 3.65. The second-order valence-corrected chi connectivity index (χ2v) is 5.78. The van der Waals surface area contributed by atoms with Crippen LogP contribution in [0.25, 0.3) is 22.4 Å². The van der Waals surface area contributed by atoms with Gasteiger partial charge in [-0.3, -0.25) is 0 Å². The third-order valence-electron chi connectivity index (χ3n) is 4.22. The van der Waals surface area contributed by atoms with Crippen molar-refractivity contribution in [3.8, 4) is 22.4 Å². The van der Waals surface area contributed by atoms with Crippen LogP contribution in [-0.2, 0) is 4.74 Å². The van der Waals surface area contributed by atoms with Gasteiger partial charge in [-0.1, -0.05) is 54.6 Å². The van der Waals surface area contributed by atoms with E-state index >= 15 is 0 Å². The zero-order chi connectivity index (χ0) is 16.2. The Hall–Kier alpha value is -2.72. The Morgan fingerprint density at radius 2 is 1.42 bits per heavy atom. The van der Waals surface area contributed by atoms with Crippen molar-refractivity contribution in [2.75, 3.05) is 31.2 Å². The minimum absolute atomic E-state index is 0.735. The zero-order valence-corrected chi connectivity index (χ0v) is 13.4. The van der Waals surface area contributed by atoms with E-state index in [1.165, 1.54) is 11.1 Å². The highest BCUT2D eigenvalue weighted by Crippen LogP contribution is 2.24. The first-order valence-corrected chi connectivity index (χ1v) is 8.22. The van der Waals surface area contributed by atoms with E-state index in [1.54, 1.807) is 0 Å². The minimum atomic E-state index is 0.735. The van der Waals surface area contributed by atoms with Gasteiger partial charge in [-0.25, -0.2) is 9.97 Å². The van der Waals surface area contributed by atoms with Crippen molar-refractivity contribution in [1.29, 1.82) is 0 Å². The molecular weight excluding hydrogens is 298 g/mol. The second kappa shape index (κ2) is 6.81. The van der Waals surface area contributed by atoms with Crippen molar-refractivity contribution in [2.24, 2.45) is 0 Å². The molecule has 2 heterocycles. The average Bonchev–Trinajstić information content (AvgIpc) is 2.70. The zero-order valence-electron chi connectivity index (χ0n) is 13.4. The molecular formula is C20H19N3O. The minimum Gasteiger partial charge on any atom is -0.378 e. The molecule has 120 valence electrons. The summed E-state index contributed by atoms with van der Waals surface area (Å²) in [5.41, 5.74) is 4.49. The molecule has 24 heavy (non-hydrogen) atoms. The highest BCUT2D eigenvalue weighted by molar-refractivity contribution is 5.69. The Morgan fingerprint density at radius 3 is 2.17 bits per heavy atom. The first-order valence-electron chi connectivity index (χ1n) is 8.22. The molecule has 0 radical (unpaired) electrons. The van der Waals surface area contributed by atoms with Crippen LogP contribution in [0.4, 0.5) is 5.95 Å². The predicted molar refractivity (Wildman–Crippen MR) is 95.9 cm³/mol. The molecule has 1 aliphatic rings. The fraction of sp³-hybridized carbons (Fsp3) is 0.200. The summed E-state index contributed by atoms with van der Waals surface area (Å²) in [6, 6.07) is 20.9. The number of anilines is 1. The van der Waals surface area contributed by atoms with Crippen molar-refractivity contribution >= 4 is 5.95 Å². The van der Waals surface area contributed by atoms with Gasteiger partial charge >= 0.3 is 0 Å². The monoisotopic (exact) mass is 317 g/mol. The van der Waals surface area contributed by atoms with Crippen molar-refractivity contribution in [3.05, 3.63) is 66.9 Å². The number of morpholine rings is 1. The third kappa shape index (κ3) is 3.14. The van der Waals surface area contributed by atoms with Crippen molar-refractivity contribution in [1.82, 2.24) is 9.97 Å². The van der Waals surface area contributed by atoms with Crippen molar-refractivity contribution < 1.29 is 4.74 Å². The number of benzene rings is 2. The Kier molecular flexibility index (Phi) is 4.21. The van der Waals surface area contributed by atoms with E-state index in [0.29, 0.717) is 0 Å². The lowest BCUT2D eigenvalue weighted by atomic mass is 10.0. The largest absolute Gasteiger partial charge is 0.378 e. The van der Waals surface area contributed by atoms with Gasteiger partial charge in [0, 0.05) is 24.8 Å². The van der Waals surface area contributed by atoms with Gasteiger partial charge in [0.25, 0.3) is 0 Å². The standard InChI is InChI=1S/C20H19N3O/c1-2-4-16(5-3-1)17-6-8-18(9-7-17)19-10-11-21-20(22-19)23-12-14-24-15-13-23/h1-11H,12-15H2. The van der Waals surface area contributed by atoms with E-state index in [2.05, 4.69) is 58.4 Å². The van der Waals surface area contributed by atoms with E-state index in [4.69, 9.17) is 9.72 Å². The number of rotatable bonds is 3. The van der Waals surface area contributed by atoms with Crippen molar-refractivity contribution in [2.45, 2.75) is 0 Å². The number of aromatic nitrogens is 2. The van der Waals surface area contributed by atoms with Crippen LogP contribution < -0.4 is 4.90 Å². The summed E-state index contributed by atoms with van der Waals surface area (Å²) < 4.78 is 5.39. The summed E-state index contributed by atoms with van der Waals surface area (Å²) in [6.45, 7) is 3.16. The molecule has 0 amide bonds. The molecule has 4 heteroatoms. The molecule has 1 aromatic heterocycles. The first kappa shape index (κ1) is 14.8. The highest BCUT2D eigenvalue weighted by Gasteiger charge is 2.14. The van der Waals surface area contributed by atoms with E-state index in [-0.39, 0.29) is 0 Å². The molecule has 0 atom stereocenters. The molecule has 1 fully saturated rings. The topological polar surface area (TPSA) is 38.2 Å². The van der Waals surface area contributed by atoms with Crippen molar-refractivity contribution in [3.63, 3.8) is 0 Å². The molecule has 0 N–H and O–H groups in total. The number of nitrogens with zero attached hydrogens (tertiary/aromatic N) is 3. The summed E-state index contributed by atoms with van der Waals surface area (Å²) in [7, 11) is 0. The molecule has 0 aliphatic carbocycles. The maximum Gasteiger partial charge on any atom is 0.226 e. The van der Waals surface area contributed by atoms with Gasteiger partial charge in [-0.05, 0) is 17.2 Å². The van der Waals surface area contributed by atoms with Crippen LogP contribution >= 0.6 is 0 Å². The van der Waals surface area contributed by atoms with Gasteiger partial charge in [0.05, 0.1) is 18.9 Å². The molecule has 1 aliphatic heterocycles. The van der Waals surface area contributed by atoms with Gasteiger partial charge in [0.15, 0.2) is 0 Å². The average molecular weight is 317 g/mol. The molecule has 2 aromatic carbocycles. The SMILES string of the molecule is c1ccc(-c2ccc(-c3ccnc(N4CCOCC4)n3)cc2)cc1. The number of hydrogen-bond acceptors (Lipinski definition) is 4. The Balaban J connectivity index is 1.59. The van der Waals surface area contributed by atoms with Gasteiger partial charge in [0.2, 0.25) is 5.95 Å². The first-order chi connectivity index (χ1) is 11.9. The van der Waals surface area contributed by atoms with E-state index in [0.717, 1.165) is 43.5 Å². The number of hydrogen-bond donors (Lipinski definition) is 0. The lowest BCUT2D eigenvalue weighted by molar-refractivity contribution is 0.122. The summed E-state index contributed by atoms with van der Waals surface area (Å²) in [5.74, 6) is 0.780. The summed E-state index contributed by atoms with van der Waals surface area (Å²) >= 11 is 0.